The van der Waals surface area contributed by atoms with E-state index in [-0.39, 0.29) is 5.95 Å². The zero-order valence-corrected chi connectivity index (χ0v) is 17.4. The molecule has 9 nitrogen and oxygen atoms in total. The molecule has 3 N–H and O–H groups in total. The van der Waals surface area contributed by atoms with Crippen LogP contribution in [-0.4, -0.2) is 44.5 Å². The van der Waals surface area contributed by atoms with Crippen molar-refractivity contribution in [2.24, 2.45) is 0 Å². The Balaban J connectivity index is 1.42. The molecule has 0 saturated carbocycles. The van der Waals surface area contributed by atoms with Gasteiger partial charge >= 0.3 is 0 Å². The summed E-state index contributed by atoms with van der Waals surface area (Å²) in [6, 6.07) is 12.0. The third-order valence-electron chi connectivity index (χ3n) is 5.59. The monoisotopic (exact) mass is 424 g/mol. The zero-order valence-electron chi connectivity index (χ0n) is 17.4. The summed E-state index contributed by atoms with van der Waals surface area (Å²) in [4.78, 5) is 19.9. The number of nitrogens with zero attached hydrogens (tertiary/aromatic N) is 6. The van der Waals surface area contributed by atoms with Crippen LogP contribution < -0.4 is 20.7 Å². The van der Waals surface area contributed by atoms with Crippen molar-refractivity contribution in [2.45, 2.75) is 0 Å². The van der Waals surface area contributed by atoms with Gasteiger partial charge in [-0.2, -0.15) is 0 Å². The highest BCUT2D eigenvalue weighted by atomic mass is 16.5. The number of aromatic nitrogens is 5. The summed E-state index contributed by atoms with van der Waals surface area (Å²) in [7, 11) is 2.06. The number of hydrogen-bond donors (Lipinski definition) is 2. The zero-order chi connectivity index (χ0) is 21.7. The first-order chi connectivity index (χ1) is 15.6. The smallest absolute Gasteiger partial charge is 0.220 e. The number of anilines is 4. The van der Waals surface area contributed by atoms with Gasteiger partial charge in [0.15, 0.2) is 11.5 Å². The van der Waals surface area contributed by atoms with E-state index in [1.807, 2.05) is 47.1 Å². The van der Waals surface area contributed by atoms with E-state index in [9.17, 15) is 0 Å². The van der Waals surface area contributed by atoms with E-state index < -0.39 is 0 Å². The van der Waals surface area contributed by atoms with Crippen molar-refractivity contribution in [1.82, 2.24) is 24.3 Å². The Morgan fingerprint density at radius 3 is 2.97 bits per heavy atom. The molecule has 0 spiro atoms. The van der Waals surface area contributed by atoms with E-state index in [1.165, 1.54) is 0 Å². The lowest BCUT2D eigenvalue weighted by Crippen LogP contribution is -2.28. The number of imidazole rings is 1. The molecule has 32 heavy (non-hydrogen) atoms. The minimum absolute atomic E-state index is 0.260. The van der Waals surface area contributed by atoms with E-state index in [2.05, 4.69) is 38.3 Å². The topological polar surface area (TPSA) is 106 Å². The normalized spacial score (nSPS) is 13.2. The van der Waals surface area contributed by atoms with Crippen LogP contribution in [0.25, 0.3) is 27.8 Å². The third kappa shape index (κ3) is 3.11. The van der Waals surface area contributed by atoms with Gasteiger partial charge in [-0.05, 0) is 30.3 Å². The van der Waals surface area contributed by atoms with Crippen LogP contribution >= 0.6 is 0 Å². The first-order valence-electron chi connectivity index (χ1n) is 10.3. The molecule has 0 bridgehead atoms. The number of nitrogen functional groups attached to an aromatic ring is 1. The van der Waals surface area contributed by atoms with Crippen LogP contribution in [0.15, 0.2) is 61.2 Å². The summed E-state index contributed by atoms with van der Waals surface area (Å²) in [6.07, 6.45) is 7.35. The van der Waals surface area contributed by atoms with Crippen LogP contribution in [-0.2, 0) is 0 Å². The second-order valence-electron chi connectivity index (χ2n) is 7.71. The molecule has 0 atom stereocenters. The average Bonchev–Trinajstić information content (AvgIpc) is 3.28. The fourth-order valence-corrected chi connectivity index (χ4v) is 3.93. The highest BCUT2D eigenvalue weighted by molar-refractivity contribution is 5.84. The maximum absolute atomic E-state index is 5.76. The predicted octanol–water partition coefficient (Wildman–Crippen LogP) is 3.49. The van der Waals surface area contributed by atoms with Gasteiger partial charge in [-0.3, -0.25) is 0 Å². The van der Waals surface area contributed by atoms with Crippen LogP contribution in [0, 0.1) is 0 Å². The largest absolute Gasteiger partial charge is 0.490 e. The first kappa shape index (κ1) is 18.4. The Labute approximate surface area is 183 Å². The molecular weight excluding hydrogens is 404 g/mol. The Bertz CT molecular complexity index is 1480. The summed E-state index contributed by atoms with van der Waals surface area (Å²) < 4.78 is 7.72. The highest BCUT2D eigenvalue weighted by Gasteiger charge is 2.16. The van der Waals surface area contributed by atoms with Crippen molar-refractivity contribution < 1.29 is 4.74 Å². The van der Waals surface area contributed by atoms with Gasteiger partial charge in [-0.25, -0.2) is 19.9 Å². The van der Waals surface area contributed by atoms with Gasteiger partial charge in [0.25, 0.3) is 0 Å². The number of benzene rings is 2. The molecule has 9 heteroatoms. The van der Waals surface area contributed by atoms with E-state index in [4.69, 9.17) is 15.5 Å². The number of fused-ring (bicyclic) bond motifs is 3. The van der Waals surface area contributed by atoms with Crippen molar-refractivity contribution >= 4 is 39.7 Å². The van der Waals surface area contributed by atoms with Gasteiger partial charge in [0.1, 0.15) is 12.4 Å². The Morgan fingerprint density at radius 2 is 2.03 bits per heavy atom. The molecular formula is C23H20N8O. The van der Waals surface area contributed by atoms with Gasteiger partial charge in [0.05, 0.1) is 23.4 Å². The van der Waals surface area contributed by atoms with Crippen molar-refractivity contribution in [3.05, 3.63) is 61.2 Å². The number of ether oxygens (including phenoxy) is 1. The molecule has 2 aromatic carbocycles. The number of nitrogens with two attached hydrogens (primary N) is 1. The van der Waals surface area contributed by atoms with Gasteiger partial charge in [-0.15, -0.1) is 0 Å². The maximum atomic E-state index is 5.76. The molecule has 158 valence electrons. The molecule has 6 rings (SSSR count). The van der Waals surface area contributed by atoms with E-state index in [1.54, 1.807) is 12.4 Å². The molecule has 0 amide bonds. The average molecular weight is 424 g/mol. The van der Waals surface area contributed by atoms with Crippen LogP contribution in [0.1, 0.15) is 0 Å². The number of nitrogens with one attached hydrogen (secondary N) is 1. The molecule has 1 aliphatic heterocycles. The van der Waals surface area contributed by atoms with E-state index in [0.29, 0.717) is 12.4 Å². The molecule has 0 unspecified atom stereocenters. The first-order valence-corrected chi connectivity index (χ1v) is 10.3. The minimum Gasteiger partial charge on any atom is -0.490 e. The lowest BCUT2D eigenvalue weighted by molar-refractivity contribution is 0.311. The van der Waals surface area contributed by atoms with Crippen LogP contribution in [0.4, 0.5) is 23.1 Å². The van der Waals surface area contributed by atoms with Gasteiger partial charge in [0, 0.05) is 48.5 Å². The number of likely N-dealkylation sites (N-methyl/N-ethyl adjacent to an activating group) is 1. The van der Waals surface area contributed by atoms with Crippen molar-refractivity contribution in [3.8, 4) is 17.0 Å². The molecule has 5 aromatic rings. The minimum atomic E-state index is 0.260. The molecule has 0 fully saturated rings. The summed E-state index contributed by atoms with van der Waals surface area (Å²) in [6.45, 7) is 1.55. The van der Waals surface area contributed by atoms with E-state index >= 15 is 0 Å². The van der Waals surface area contributed by atoms with Crippen LogP contribution in [0.2, 0.25) is 0 Å². The maximum Gasteiger partial charge on any atom is 0.220 e. The molecule has 4 heterocycles. The number of hydrogen-bond acceptors (Lipinski definition) is 8. The Hall–Kier alpha value is -4.40. The molecule has 0 radical (unpaired) electrons. The van der Waals surface area contributed by atoms with Crippen LogP contribution in [0.3, 0.4) is 0 Å². The predicted molar refractivity (Wildman–Crippen MR) is 124 cm³/mol. The standard InChI is InChI=1S/C23H20N8O/c1-30-8-9-32-20-5-3-16(11-19(20)30)27-21-22-25-6-7-31(22)13-18(28-21)14-2-4-17-15(10-14)12-26-23(24)29-17/h2-7,10-13H,8-9H2,1H3,(H,27,28)(H2,24,26,29). The molecule has 3 aromatic heterocycles. The SMILES string of the molecule is CN1CCOc2ccc(Nc3nc(-c4ccc5nc(N)ncc5c4)cn4ccnc34)cc21. The second-order valence-corrected chi connectivity index (χ2v) is 7.71. The lowest BCUT2D eigenvalue weighted by atomic mass is 10.1. The van der Waals surface area contributed by atoms with Crippen molar-refractivity contribution in [1.29, 1.82) is 0 Å². The fraction of sp³-hybridized carbons (Fsp3) is 0.130. The summed E-state index contributed by atoms with van der Waals surface area (Å²) >= 11 is 0. The van der Waals surface area contributed by atoms with Crippen molar-refractivity contribution in [3.63, 3.8) is 0 Å². The van der Waals surface area contributed by atoms with Gasteiger partial charge in [0.2, 0.25) is 5.95 Å². The van der Waals surface area contributed by atoms with Crippen molar-refractivity contribution in [2.75, 3.05) is 36.1 Å². The third-order valence-corrected chi connectivity index (χ3v) is 5.59. The Morgan fingerprint density at radius 1 is 1.09 bits per heavy atom. The van der Waals surface area contributed by atoms with Gasteiger partial charge in [-0.1, -0.05) is 6.07 Å². The van der Waals surface area contributed by atoms with Gasteiger partial charge < -0.3 is 25.1 Å². The number of rotatable bonds is 3. The van der Waals surface area contributed by atoms with E-state index in [0.717, 1.165) is 51.5 Å². The molecule has 0 saturated heterocycles. The Kier molecular flexibility index (Phi) is 4.07. The molecule has 0 aliphatic carbocycles. The highest BCUT2D eigenvalue weighted by Crippen LogP contribution is 2.34. The quantitative estimate of drug-likeness (QED) is 0.453. The molecule has 1 aliphatic rings. The summed E-state index contributed by atoms with van der Waals surface area (Å²) in [5.74, 6) is 1.81. The fourth-order valence-electron chi connectivity index (χ4n) is 3.93. The summed E-state index contributed by atoms with van der Waals surface area (Å²) in [5.41, 5.74) is 11.0. The lowest BCUT2D eigenvalue weighted by Gasteiger charge is -2.28. The second kappa shape index (κ2) is 7.09. The van der Waals surface area contributed by atoms with Crippen LogP contribution in [0.5, 0.6) is 5.75 Å². The summed E-state index contributed by atoms with van der Waals surface area (Å²) in [5, 5.41) is 4.34.